The molecule has 0 saturated heterocycles. The zero-order valence-corrected chi connectivity index (χ0v) is 11.4. The van der Waals surface area contributed by atoms with Crippen molar-refractivity contribution in [3.05, 3.63) is 35.6 Å². The van der Waals surface area contributed by atoms with Gasteiger partial charge in [0, 0.05) is 30.6 Å². The van der Waals surface area contributed by atoms with Gasteiger partial charge in [-0.25, -0.2) is 4.98 Å². The molecule has 6 nitrogen and oxygen atoms in total. The third-order valence-corrected chi connectivity index (χ3v) is 2.49. The molecule has 2 aromatic heterocycles. The minimum Gasteiger partial charge on any atom is -0.481 e. The van der Waals surface area contributed by atoms with Gasteiger partial charge < -0.3 is 15.0 Å². The lowest BCUT2D eigenvalue weighted by Crippen LogP contribution is -2.34. The average molecular weight is 262 g/mol. The van der Waals surface area contributed by atoms with Crippen LogP contribution in [0.15, 0.2) is 22.9 Å². The minimum atomic E-state index is -0.356. The van der Waals surface area contributed by atoms with E-state index in [1.807, 2.05) is 19.9 Å². The number of pyridine rings is 1. The quantitative estimate of drug-likeness (QED) is 0.875. The summed E-state index contributed by atoms with van der Waals surface area (Å²) >= 11 is 0. The Morgan fingerprint density at radius 2 is 2.16 bits per heavy atom. The maximum absolute atomic E-state index is 5.91. The van der Waals surface area contributed by atoms with E-state index in [2.05, 4.69) is 15.1 Å². The summed E-state index contributed by atoms with van der Waals surface area (Å²) in [4.78, 5) is 8.45. The topological polar surface area (TPSA) is 87.1 Å². The summed E-state index contributed by atoms with van der Waals surface area (Å²) in [6, 6.07) is 3.73. The Labute approximate surface area is 112 Å². The van der Waals surface area contributed by atoms with Crippen molar-refractivity contribution in [3.8, 4) is 5.88 Å². The first-order chi connectivity index (χ1) is 8.96. The molecule has 0 atom stereocenters. The Morgan fingerprint density at radius 3 is 2.74 bits per heavy atom. The fourth-order valence-corrected chi connectivity index (χ4v) is 1.64. The molecule has 0 aliphatic rings. The molecule has 19 heavy (non-hydrogen) atoms. The van der Waals surface area contributed by atoms with Crippen LogP contribution in [0.2, 0.25) is 0 Å². The Hall–Kier alpha value is -1.95. The highest BCUT2D eigenvalue weighted by Crippen LogP contribution is 2.12. The molecule has 2 heterocycles. The van der Waals surface area contributed by atoms with E-state index in [0.717, 1.165) is 5.56 Å². The van der Waals surface area contributed by atoms with E-state index in [1.165, 1.54) is 0 Å². The average Bonchev–Trinajstić information content (AvgIpc) is 2.75. The van der Waals surface area contributed by atoms with E-state index >= 15 is 0 Å². The lowest BCUT2D eigenvalue weighted by molar-refractivity contribution is 0.345. The van der Waals surface area contributed by atoms with Gasteiger partial charge in [0.2, 0.25) is 11.8 Å². The molecule has 0 saturated carbocycles. The maximum Gasteiger partial charge on any atom is 0.228 e. The monoisotopic (exact) mass is 262 g/mol. The highest BCUT2D eigenvalue weighted by atomic mass is 16.5. The zero-order chi connectivity index (χ0) is 13.9. The first-order valence-electron chi connectivity index (χ1n) is 6.05. The first kappa shape index (κ1) is 13.5. The van der Waals surface area contributed by atoms with Gasteiger partial charge in [0.15, 0.2) is 5.82 Å². The summed E-state index contributed by atoms with van der Waals surface area (Å²) in [5, 5.41) is 3.94. The largest absolute Gasteiger partial charge is 0.481 e. The van der Waals surface area contributed by atoms with Crippen LogP contribution in [0.4, 0.5) is 0 Å². The van der Waals surface area contributed by atoms with Crippen LogP contribution in [0.3, 0.4) is 0 Å². The van der Waals surface area contributed by atoms with Crippen molar-refractivity contribution in [2.24, 2.45) is 5.73 Å². The maximum atomic E-state index is 5.91. The second-order valence-corrected chi connectivity index (χ2v) is 5.16. The van der Waals surface area contributed by atoms with Crippen LogP contribution >= 0.6 is 0 Å². The highest BCUT2D eigenvalue weighted by molar-refractivity contribution is 5.20. The van der Waals surface area contributed by atoms with Gasteiger partial charge in [0.1, 0.15) is 0 Å². The highest BCUT2D eigenvalue weighted by Gasteiger charge is 2.17. The molecule has 0 amide bonds. The summed E-state index contributed by atoms with van der Waals surface area (Å²) in [6.07, 6.45) is 2.87. The molecule has 6 heteroatoms. The van der Waals surface area contributed by atoms with E-state index in [1.54, 1.807) is 19.4 Å². The van der Waals surface area contributed by atoms with Crippen molar-refractivity contribution in [3.63, 3.8) is 0 Å². The van der Waals surface area contributed by atoms with E-state index < -0.39 is 0 Å². The number of nitrogens with two attached hydrogens (primary N) is 1. The number of methoxy groups -OCH3 is 1. The number of nitrogens with zero attached hydrogens (tertiary/aromatic N) is 3. The third-order valence-electron chi connectivity index (χ3n) is 2.49. The Kier molecular flexibility index (Phi) is 3.80. The Balaban J connectivity index is 2.02. The number of hydrogen-bond donors (Lipinski definition) is 1. The molecule has 2 rings (SSSR count). The van der Waals surface area contributed by atoms with Crippen molar-refractivity contribution < 1.29 is 9.26 Å². The predicted octanol–water partition coefficient (Wildman–Crippen LogP) is 1.34. The van der Waals surface area contributed by atoms with Gasteiger partial charge >= 0.3 is 0 Å². The molecular formula is C13H18N4O2. The summed E-state index contributed by atoms with van der Waals surface area (Å²) in [5.41, 5.74) is 6.55. The third kappa shape index (κ3) is 4.03. The van der Waals surface area contributed by atoms with Crippen molar-refractivity contribution in [2.75, 3.05) is 7.11 Å². The molecule has 0 aromatic carbocycles. The van der Waals surface area contributed by atoms with Gasteiger partial charge in [-0.3, -0.25) is 0 Å². The van der Waals surface area contributed by atoms with Crippen molar-refractivity contribution in [1.29, 1.82) is 0 Å². The van der Waals surface area contributed by atoms with Gasteiger partial charge in [-0.1, -0.05) is 11.2 Å². The van der Waals surface area contributed by atoms with Crippen LogP contribution < -0.4 is 10.5 Å². The molecule has 0 aliphatic heterocycles. The first-order valence-corrected chi connectivity index (χ1v) is 6.05. The normalized spacial score (nSPS) is 11.6. The molecule has 0 bridgehead atoms. The van der Waals surface area contributed by atoms with Gasteiger partial charge in [-0.2, -0.15) is 4.98 Å². The fraction of sp³-hybridized carbons (Fsp3) is 0.462. The van der Waals surface area contributed by atoms with Crippen molar-refractivity contribution >= 4 is 0 Å². The lowest BCUT2D eigenvalue weighted by Gasteiger charge is -2.14. The predicted molar refractivity (Wildman–Crippen MR) is 69.9 cm³/mol. The minimum absolute atomic E-state index is 0.356. The van der Waals surface area contributed by atoms with Gasteiger partial charge in [0.05, 0.1) is 7.11 Å². The molecule has 102 valence electrons. The van der Waals surface area contributed by atoms with Crippen molar-refractivity contribution in [2.45, 2.75) is 32.2 Å². The van der Waals surface area contributed by atoms with E-state index in [0.29, 0.717) is 30.4 Å². The fourth-order valence-electron chi connectivity index (χ4n) is 1.64. The van der Waals surface area contributed by atoms with Crippen molar-refractivity contribution in [1.82, 2.24) is 15.1 Å². The van der Waals surface area contributed by atoms with Gasteiger partial charge in [-0.05, 0) is 19.4 Å². The molecule has 0 aliphatic carbocycles. The number of rotatable bonds is 5. The molecular weight excluding hydrogens is 244 g/mol. The number of aromatic nitrogens is 3. The second kappa shape index (κ2) is 5.36. The SMILES string of the molecule is COc1ccc(Cc2noc(CC(C)(C)N)n2)cn1. The molecule has 2 N–H and O–H groups in total. The van der Waals surface area contributed by atoms with Crippen LogP contribution in [-0.2, 0) is 12.8 Å². The van der Waals surface area contributed by atoms with Gasteiger partial charge in [0.25, 0.3) is 0 Å². The Morgan fingerprint density at radius 1 is 1.37 bits per heavy atom. The van der Waals surface area contributed by atoms with Crippen LogP contribution in [0.1, 0.15) is 31.1 Å². The van der Waals surface area contributed by atoms with Crippen LogP contribution in [0.5, 0.6) is 5.88 Å². The standard InChI is InChI=1S/C13H18N4O2/c1-13(2,14)7-12-16-10(17-19-12)6-9-4-5-11(18-3)15-8-9/h4-5,8H,6-7,14H2,1-3H3. The summed E-state index contributed by atoms with van der Waals surface area (Å²) in [6.45, 7) is 3.84. The van der Waals surface area contributed by atoms with E-state index in [4.69, 9.17) is 15.0 Å². The summed E-state index contributed by atoms with van der Waals surface area (Å²) in [5.74, 6) is 1.78. The van der Waals surface area contributed by atoms with E-state index in [9.17, 15) is 0 Å². The van der Waals surface area contributed by atoms with Gasteiger partial charge in [-0.15, -0.1) is 0 Å². The second-order valence-electron chi connectivity index (χ2n) is 5.16. The number of ether oxygens (including phenoxy) is 1. The van der Waals surface area contributed by atoms with Crippen LogP contribution in [-0.4, -0.2) is 27.8 Å². The molecule has 0 spiro atoms. The van der Waals surface area contributed by atoms with Crippen LogP contribution in [0.25, 0.3) is 0 Å². The Bertz CT molecular complexity index is 528. The lowest BCUT2D eigenvalue weighted by atomic mass is 10.0. The zero-order valence-electron chi connectivity index (χ0n) is 11.4. The molecule has 0 radical (unpaired) electrons. The van der Waals surface area contributed by atoms with Crippen LogP contribution in [0, 0.1) is 0 Å². The number of hydrogen-bond acceptors (Lipinski definition) is 6. The summed E-state index contributed by atoms with van der Waals surface area (Å²) in [7, 11) is 1.59. The molecule has 2 aromatic rings. The molecule has 0 fully saturated rings. The summed E-state index contributed by atoms with van der Waals surface area (Å²) < 4.78 is 10.2. The smallest absolute Gasteiger partial charge is 0.228 e. The molecule has 0 unspecified atom stereocenters. The van der Waals surface area contributed by atoms with E-state index in [-0.39, 0.29) is 5.54 Å².